The minimum atomic E-state index is -1.15. The lowest BCUT2D eigenvalue weighted by molar-refractivity contribution is -0.384. The summed E-state index contributed by atoms with van der Waals surface area (Å²) in [6, 6.07) is 14.2. The largest absolute Gasteiger partial charge is 0.464 e. The van der Waals surface area contributed by atoms with Gasteiger partial charge >= 0.3 is 18.0 Å². The van der Waals surface area contributed by atoms with Gasteiger partial charge in [-0.05, 0) is 93.1 Å². The minimum absolute atomic E-state index is 0.0222. The number of urea groups is 1. The second-order valence-corrected chi connectivity index (χ2v) is 19.3. The second-order valence-electron chi connectivity index (χ2n) is 19.3. The number of hydroxylamine groups is 2. The van der Waals surface area contributed by atoms with Gasteiger partial charge in [-0.15, -0.1) is 6.58 Å². The Balaban J connectivity index is 0.986. The zero-order chi connectivity index (χ0) is 49.7. The molecule has 8 rings (SSSR count). The van der Waals surface area contributed by atoms with Crippen molar-refractivity contribution < 1.29 is 57.5 Å². The molecule has 2 saturated carbocycles. The van der Waals surface area contributed by atoms with Gasteiger partial charge in [0.2, 0.25) is 23.6 Å². The predicted molar refractivity (Wildman–Crippen MR) is 248 cm³/mol. The molecule has 3 aliphatic carbocycles. The maximum absolute atomic E-state index is 14.5. The van der Waals surface area contributed by atoms with E-state index in [-0.39, 0.29) is 37.3 Å². The maximum Gasteiger partial charge on any atom is 0.346 e. The molecule has 11 atom stereocenters. The number of ether oxygens (including phenoxy) is 3. The number of methoxy groups -OCH3 is 1. The lowest BCUT2D eigenvalue weighted by Gasteiger charge is -2.41. The smallest absolute Gasteiger partial charge is 0.346 e. The summed E-state index contributed by atoms with van der Waals surface area (Å²) in [5, 5.41) is 15.1. The van der Waals surface area contributed by atoms with E-state index in [1.54, 1.807) is 19.9 Å². The molecule has 11 unspecified atom stereocenters. The molecule has 3 heterocycles. The average Bonchev–Trinajstić information content (AvgIpc) is 4.08. The highest BCUT2D eigenvalue weighted by atomic mass is 16.7. The van der Waals surface area contributed by atoms with Gasteiger partial charge in [0, 0.05) is 24.9 Å². The minimum Gasteiger partial charge on any atom is -0.464 e. The Hall–Kier alpha value is -6.79. The molecule has 1 N–H and O–H groups in total. The van der Waals surface area contributed by atoms with E-state index in [1.165, 1.54) is 36.4 Å². The van der Waals surface area contributed by atoms with Crippen molar-refractivity contribution in [2.45, 2.75) is 58.6 Å². The number of hydrogen-bond acceptors (Lipinski definition) is 13. The van der Waals surface area contributed by atoms with E-state index >= 15 is 0 Å². The molecular formula is C51H57N5O13. The van der Waals surface area contributed by atoms with Crippen LogP contribution in [0.4, 0.5) is 16.2 Å². The van der Waals surface area contributed by atoms with Gasteiger partial charge in [0.05, 0.1) is 40.6 Å². The van der Waals surface area contributed by atoms with Gasteiger partial charge in [-0.2, -0.15) is 5.06 Å². The molecule has 0 radical (unpaired) electrons. The van der Waals surface area contributed by atoms with E-state index in [2.05, 4.69) is 11.9 Å². The molecule has 0 spiro atoms. The molecule has 5 fully saturated rings. The number of nitrogens with zero attached hydrogens (tertiary/aromatic N) is 4. The van der Waals surface area contributed by atoms with E-state index in [9.17, 15) is 43.7 Å². The summed E-state index contributed by atoms with van der Waals surface area (Å²) < 4.78 is 16.0. The zero-order valence-corrected chi connectivity index (χ0v) is 39.5. The van der Waals surface area contributed by atoms with Gasteiger partial charge in [0.25, 0.3) is 5.69 Å². The number of likely N-dealkylation sites (tertiary alicyclic amines) is 2. The van der Waals surface area contributed by atoms with Crippen molar-refractivity contribution >= 4 is 59.0 Å². The van der Waals surface area contributed by atoms with Crippen LogP contribution in [0.5, 0.6) is 0 Å². The molecule has 18 nitrogen and oxygen atoms in total. The topological polar surface area (TPSA) is 221 Å². The Morgan fingerprint density at radius 2 is 1.29 bits per heavy atom. The standard InChI is InChI=1S/C51H57N5O13/c1-8-32-24-34(41-40(32)44(59)53(45(41)60)26-38(57)67-23-22-66-7)16-17-35-25-33(15-14-31-12-10-9-11-13-31)42-43(35)47(62)54(46(42)61)27-39(58)68-28-49(4)50(5)29(2)30(3)51(49,6)69-55(50)48(63)52-36-18-20-37(21-19-36)56(64)65/h8-21,32-35,40-43H,1,22-28H2,2-7H3,(H,52,63)/b15-14+,17-16+. The van der Waals surface area contributed by atoms with Crippen LogP contribution in [-0.4, -0.2) is 113 Å². The number of hydrogen-bond donors (Lipinski definition) is 1. The van der Waals surface area contributed by atoms with Crippen LogP contribution in [0.3, 0.4) is 0 Å². The molecule has 18 heteroatoms. The van der Waals surface area contributed by atoms with Crippen molar-refractivity contribution in [3.63, 3.8) is 0 Å². The van der Waals surface area contributed by atoms with E-state index < -0.39 is 112 Å². The highest BCUT2D eigenvalue weighted by molar-refractivity contribution is 6.09. The number of amides is 6. The number of esters is 2. The molecule has 69 heavy (non-hydrogen) atoms. The number of non-ortho nitro benzene ring substituents is 1. The molecule has 364 valence electrons. The normalized spacial score (nSPS) is 32.5. The summed E-state index contributed by atoms with van der Waals surface area (Å²) in [5.41, 5.74) is -0.643. The zero-order valence-electron chi connectivity index (χ0n) is 39.5. The van der Waals surface area contributed by atoms with Crippen molar-refractivity contribution in [2.24, 2.45) is 52.8 Å². The fraction of sp³-hybridized carbons (Fsp3) is 0.471. The monoisotopic (exact) mass is 947 g/mol. The molecule has 2 bridgehead atoms. The molecule has 2 aromatic carbocycles. The molecule has 3 saturated heterocycles. The van der Waals surface area contributed by atoms with Gasteiger partial charge in [-0.3, -0.25) is 53.5 Å². The summed E-state index contributed by atoms with van der Waals surface area (Å²) in [7, 11) is 1.46. The van der Waals surface area contributed by atoms with Crippen LogP contribution in [0.2, 0.25) is 0 Å². The quantitative estimate of drug-likeness (QED) is 0.0517. The highest BCUT2D eigenvalue weighted by Crippen LogP contribution is 2.65. The first-order valence-electron chi connectivity index (χ1n) is 23.1. The molecule has 0 aromatic heterocycles. The number of fused-ring (bicyclic) bond motifs is 4. The molecule has 6 amide bonds. The van der Waals surface area contributed by atoms with E-state index in [0.717, 1.165) is 26.5 Å². The first kappa shape index (κ1) is 48.7. The number of nitrogens with one attached hydrogen (secondary N) is 1. The number of carbonyl (C=O) groups is 7. The number of allylic oxidation sites excluding steroid dienone is 4. The average molecular weight is 948 g/mol. The Kier molecular flexibility index (Phi) is 13.1. The summed E-state index contributed by atoms with van der Waals surface area (Å²) in [6.45, 7) is 11.8. The third-order valence-electron chi connectivity index (χ3n) is 16.1. The SMILES string of the molecule is C=CC1CC(/C=C/C2CC(/C=C/c3ccccc3)C3C(=O)N(CC(=O)OCC4(C)C5(C)ON(C(=O)Nc6ccc([N+](=O)[O-])cc6)C4(C)C(C)=C5C)C(=O)C23)C2C(=O)N(CC(=O)OCCOC)C(=O)C12. The van der Waals surface area contributed by atoms with Crippen molar-refractivity contribution in [3.05, 3.63) is 112 Å². The maximum atomic E-state index is 14.5. The number of nitro groups is 1. The molecular weight excluding hydrogens is 891 g/mol. The van der Waals surface area contributed by atoms with Gasteiger partial charge in [0.1, 0.15) is 37.4 Å². The Labute approximate surface area is 399 Å². The third-order valence-corrected chi connectivity index (χ3v) is 16.1. The Morgan fingerprint density at radius 3 is 1.83 bits per heavy atom. The highest BCUT2D eigenvalue weighted by Gasteiger charge is 2.75. The number of anilines is 1. The van der Waals surface area contributed by atoms with Gasteiger partial charge in [-0.25, -0.2) is 4.79 Å². The van der Waals surface area contributed by atoms with Gasteiger partial charge in [0.15, 0.2) is 0 Å². The first-order valence-corrected chi connectivity index (χ1v) is 23.1. The fourth-order valence-corrected chi connectivity index (χ4v) is 11.8. The van der Waals surface area contributed by atoms with Crippen molar-refractivity contribution in [1.29, 1.82) is 0 Å². The summed E-state index contributed by atoms with van der Waals surface area (Å²) in [5.74, 6) is -8.25. The van der Waals surface area contributed by atoms with E-state index in [4.69, 9.17) is 19.0 Å². The van der Waals surface area contributed by atoms with Gasteiger partial charge in [-0.1, -0.05) is 67.6 Å². The van der Waals surface area contributed by atoms with Gasteiger partial charge < -0.3 is 19.5 Å². The first-order chi connectivity index (χ1) is 32.8. The summed E-state index contributed by atoms with van der Waals surface area (Å²) >= 11 is 0. The van der Waals surface area contributed by atoms with Crippen LogP contribution < -0.4 is 5.32 Å². The fourth-order valence-electron chi connectivity index (χ4n) is 11.8. The Bertz CT molecular complexity index is 2580. The van der Waals surface area contributed by atoms with Crippen molar-refractivity contribution in [1.82, 2.24) is 14.9 Å². The van der Waals surface area contributed by atoms with E-state index in [1.807, 2.05) is 75.4 Å². The number of benzene rings is 2. The molecule has 2 aromatic rings. The Morgan fingerprint density at radius 1 is 0.768 bits per heavy atom. The van der Waals surface area contributed by atoms with Crippen LogP contribution in [-0.2, 0) is 47.8 Å². The molecule has 6 aliphatic rings. The second kappa shape index (κ2) is 18.6. The van der Waals surface area contributed by atoms with Crippen molar-refractivity contribution in [2.75, 3.05) is 45.3 Å². The molecule has 3 aliphatic heterocycles. The summed E-state index contributed by atoms with van der Waals surface area (Å²) in [6.07, 6.45) is 10.1. The number of nitro benzene ring substituents is 1. The van der Waals surface area contributed by atoms with Crippen LogP contribution in [0.25, 0.3) is 6.08 Å². The van der Waals surface area contributed by atoms with Crippen LogP contribution in [0.1, 0.15) is 53.0 Å². The number of rotatable bonds is 16. The third kappa shape index (κ3) is 8.06. The summed E-state index contributed by atoms with van der Waals surface area (Å²) in [4.78, 5) is 116. The van der Waals surface area contributed by atoms with Crippen LogP contribution >= 0.6 is 0 Å². The van der Waals surface area contributed by atoms with E-state index in [0.29, 0.717) is 18.5 Å². The lowest BCUT2D eigenvalue weighted by Crippen LogP contribution is -2.56. The van der Waals surface area contributed by atoms with Crippen LogP contribution in [0.15, 0.2) is 96.6 Å². The van der Waals surface area contributed by atoms with Crippen molar-refractivity contribution in [3.8, 4) is 0 Å². The predicted octanol–water partition coefficient (Wildman–Crippen LogP) is 5.91. The number of carbonyl (C=O) groups excluding carboxylic acids is 7. The van der Waals surface area contributed by atoms with Crippen LogP contribution in [0, 0.1) is 62.9 Å². The number of imide groups is 2. The lowest BCUT2D eigenvalue weighted by atomic mass is 9.66.